The fourth-order valence-corrected chi connectivity index (χ4v) is 3.85. The molecule has 0 fully saturated rings. The number of carbonyl (C=O) groups is 1. The van der Waals surface area contributed by atoms with Crippen molar-refractivity contribution in [3.63, 3.8) is 0 Å². The third kappa shape index (κ3) is 3.75. The normalized spacial score (nSPS) is 13.3. The van der Waals surface area contributed by atoms with Gasteiger partial charge in [-0.05, 0) is 42.2 Å². The van der Waals surface area contributed by atoms with Crippen molar-refractivity contribution in [1.82, 2.24) is 14.9 Å². The van der Waals surface area contributed by atoms with Gasteiger partial charge in [0.15, 0.2) is 5.13 Å². The third-order valence-electron chi connectivity index (χ3n) is 4.52. The molecule has 26 heavy (non-hydrogen) atoms. The van der Waals surface area contributed by atoms with Crippen LogP contribution in [-0.4, -0.2) is 27.3 Å². The number of aryl methyl sites for hydroxylation is 1. The Kier molecular flexibility index (Phi) is 4.67. The van der Waals surface area contributed by atoms with E-state index in [0.717, 1.165) is 35.2 Å². The third-order valence-corrected chi connectivity index (χ3v) is 5.32. The molecule has 0 atom stereocenters. The predicted molar refractivity (Wildman–Crippen MR) is 104 cm³/mol. The first-order valence-corrected chi connectivity index (χ1v) is 9.54. The van der Waals surface area contributed by atoms with Crippen LogP contribution in [0.5, 0.6) is 0 Å². The number of thiazole rings is 1. The summed E-state index contributed by atoms with van der Waals surface area (Å²) in [4.78, 5) is 23.4. The van der Waals surface area contributed by atoms with E-state index in [9.17, 15) is 4.79 Å². The summed E-state index contributed by atoms with van der Waals surface area (Å²) >= 11 is 1.49. The van der Waals surface area contributed by atoms with Crippen molar-refractivity contribution in [3.8, 4) is 0 Å². The molecule has 0 aliphatic carbocycles. The van der Waals surface area contributed by atoms with Gasteiger partial charge in [-0.2, -0.15) is 0 Å². The maximum Gasteiger partial charge on any atom is 0.228 e. The molecule has 4 rings (SSSR count). The number of nitrogens with one attached hydrogen (secondary N) is 1. The molecular formula is C20H20N4OS. The maximum absolute atomic E-state index is 12.6. The fraction of sp³-hybridized carbons (Fsp3) is 0.250. The second-order valence-electron chi connectivity index (χ2n) is 6.50. The van der Waals surface area contributed by atoms with Gasteiger partial charge in [0.1, 0.15) is 5.82 Å². The minimum Gasteiger partial charge on any atom is -0.338 e. The van der Waals surface area contributed by atoms with E-state index in [-0.39, 0.29) is 5.91 Å². The lowest BCUT2D eigenvalue weighted by atomic mass is 10.00. The average molecular weight is 364 g/mol. The molecule has 2 aromatic heterocycles. The van der Waals surface area contributed by atoms with Crippen LogP contribution in [0.2, 0.25) is 0 Å². The molecule has 0 saturated heterocycles. The highest BCUT2D eigenvalue weighted by molar-refractivity contribution is 7.13. The van der Waals surface area contributed by atoms with Crippen molar-refractivity contribution in [3.05, 3.63) is 70.4 Å². The van der Waals surface area contributed by atoms with Gasteiger partial charge in [-0.1, -0.05) is 24.3 Å². The van der Waals surface area contributed by atoms with Crippen molar-refractivity contribution in [2.45, 2.75) is 26.3 Å². The Bertz CT molecular complexity index is 937. The van der Waals surface area contributed by atoms with Crippen LogP contribution in [0.25, 0.3) is 0 Å². The number of amides is 1. The van der Waals surface area contributed by atoms with Gasteiger partial charge < -0.3 is 10.2 Å². The van der Waals surface area contributed by atoms with Gasteiger partial charge in [-0.15, -0.1) is 11.3 Å². The molecule has 5 nitrogen and oxygen atoms in total. The number of hydrogen-bond donors (Lipinski definition) is 1. The number of benzene rings is 1. The number of aromatic nitrogens is 2. The number of carbonyl (C=O) groups excluding carboxylic acids is 1. The minimum absolute atomic E-state index is 0.130. The van der Waals surface area contributed by atoms with Gasteiger partial charge in [-0.25, -0.2) is 9.97 Å². The first-order chi connectivity index (χ1) is 12.7. The van der Waals surface area contributed by atoms with Gasteiger partial charge in [0, 0.05) is 24.7 Å². The maximum atomic E-state index is 12.6. The number of rotatable bonds is 4. The van der Waals surface area contributed by atoms with Gasteiger partial charge >= 0.3 is 0 Å². The summed E-state index contributed by atoms with van der Waals surface area (Å²) in [5, 5.41) is 5.90. The highest BCUT2D eigenvalue weighted by Crippen LogP contribution is 2.22. The van der Waals surface area contributed by atoms with Crippen LogP contribution >= 0.6 is 11.3 Å². The molecule has 0 spiro atoms. The van der Waals surface area contributed by atoms with Crippen LogP contribution in [0.4, 0.5) is 10.9 Å². The molecule has 0 unspecified atom stereocenters. The Hall–Kier alpha value is -2.73. The second-order valence-corrected chi connectivity index (χ2v) is 7.36. The first kappa shape index (κ1) is 16.7. The van der Waals surface area contributed by atoms with Crippen molar-refractivity contribution >= 4 is 28.2 Å². The van der Waals surface area contributed by atoms with Crippen molar-refractivity contribution in [2.24, 2.45) is 0 Å². The van der Waals surface area contributed by atoms with E-state index in [1.54, 1.807) is 6.20 Å². The first-order valence-electron chi connectivity index (χ1n) is 8.66. The van der Waals surface area contributed by atoms with E-state index in [0.29, 0.717) is 13.0 Å². The van der Waals surface area contributed by atoms with E-state index in [2.05, 4.69) is 33.5 Å². The summed E-state index contributed by atoms with van der Waals surface area (Å²) in [5.74, 6) is 0.898. The van der Waals surface area contributed by atoms with Crippen LogP contribution in [0.3, 0.4) is 0 Å². The second kappa shape index (κ2) is 7.25. The fourth-order valence-electron chi connectivity index (χ4n) is 3.14. The molecule has 3 aromatic rings. The molecule has 6 heteroatoms. The summed E-state index contributed by atoms with van der Waals surface area (Å²) in [6.07, 6.45) is 3.02. The minimum atomic E-state index is 0.130. The zero-order valence-corrected chi connectivity index (χ0v) is 15.4. The molecular weight excluding hydrogens is 344 g/mol. The molecule has 1 aliphatic heterocycles. The molecule has 1 N–H and O–H groups in total. The topological polar surface area (TPSA) is 58.1 Å². The number of nitrogens with zero attached hydrogens (tertiary/aromatic N) is 3. The molecule has 3 heterocycles. The molecule has 0 bridgehead atoms. The Morgan fingerprint density at radius 3 is 2.96 bits per heavy atom. The largest absolute Gasteiger partial charge is 0.338 e. The molecule has 132 valence electrons. The zero-order valence-electron chi connectivity index (χ0n) is 14.6. The van der Waals surface area contributed by atoms with Crippen molar-refractivity contribution < 1.29 is 4.79 Å². The van der Waals surface area contributed by atoms with Gasteiger partial charge in [0.05, 0.1) is 12.1 Å². The van der Waals surface area contributed by atoms with Crippen LogP contribution in [0, 0.1) is 6.92 Å². The van der Waals surface area contributed by atoms with E-state index < -0.39 is 0 Å². The molecule has 1 aromatic carbocycles. The Morgan fingerprint density at radius 1 is 1.27 bits per heavy atom. The molecule has 1 amide bonds. The summed E-state index contributed by atoms with van der Waals surface area (Å²) in [7, 11) is 0. The summed E-state index contributed by atoms with van der Waals surface area (Å²) in [6, 6.07) is 12.3. The number of anilines is 2. The monoisotopic (exact) mass is 364 g/mol. The average Bonchev–Trinajstić information content (AvgIpc) is 3.08. The smallest absolute Gasteiger partial charge is 0.228 e. The van der Waals surface area contributed by atoms with Crippen LogP contribution in [-0.2, 0) is 24.2 Å². The highest BCUT2D eigenvalue weighted by atomic mass is 32.1. The Morgan fingerprint density at radius 2 is 2.12 bits per heavy atom. The quantitative estimate of drug-likeness (QED) is 0.767. The lowest BCUT2D eigenvalue weighted by molar-refractivity contribution is -0.131. The van der Waals surface area contributed by atoms with Gasteiger partial charge in [0.2, 0.25) is 5.91 Å². The lowest BCUT2D eigenvalue weighted by Gasteiger charge is -2.28. The van der Waals surface area contributed by atoms with Gasteiger partial charge in [-0.3, -0.25) is 4.79 Å². The van der Waals surface area contributed by atoms with Gasteiger partial charge in [0.25, 0.3) is 0 Å². The van der Waals surface area contributed by atoms with E-state index in [4.69, 9.17) is 0 Å². The number of pyridine rings is 1. The highest BCUT2D eigenvalue weighted by Gasteiger charge is 2.21. The number of hydrogen-bond acceptors (Lipinski definition) is 5. The van der Waals surface area contributed by atoms with E-state index >= 15 is 0 Å². The van der Waals surface area contributed by atoms with Crippen LogP contribution < -0.4 is 5.32 Å². The SMILES string of the molecule is Cc1ccnc(Nc2nc(CC(=O)N3CCc4ccccc4C3)cs2)c1. The zero-order chi connectivity index (χ0) is 17.9. The molecule has 0 radical (unpaired) electrons. The Labute approximate surface area is 156 Å². The molecule has 0 saturated carbocycles. The van der Waals surface area contributed by atoms with E-state index in [1.807, 2.05) is 35.4 Å². The summed E-state index contributed by atoms with van der Waals surface area (Å²) in [6.45, 7) is 3.49. The summed E-state index contributed by atoms with van der Waals surface area (Å²) in [5.41, 5.74) is 4.54. The Balaban J connectivity index is 1.39. The van der Waals surface area contributed by atoms with Crippen molar-refractivity contribution in [1.29, 1.82) is 0 Å². The standard InChI is InChI=1S/C20H20N4OS/c1-14-6-8-21-18(10-14)23-20-22-17(13-26-20)11-19(25)24-9-7-15-4-2-3-5-16(15)12-24/h2-6,8,10,13H,7,9,11-12H2,1H3,(H,21,22,23). The van der Waals surface area contributed by atoms with Crippen LogP contribution in [0.15, 0.2) is 48.0 Å². The summed E-state index contributed by atoms with van der Waals surface area (Å²) < 4.78 is 0. The van der Waals surface area contributed by atoms with E-state index in [1.165, 1.54) is 22.5 Å². The number of fused-ring (bicyclic) bond motifs is 1. The lowest BCUT2D eigenvalue weighted by Crippen LogP contribution is -2.36. The van der Waals surface area contributed by atoms with Crippen molar-refractivity contribution in [2.75, 3.05) is 11.9 Å². The molecule has 1 aliphatic rings. The predicted octanol–water partition coefficient (Wildman–Crippen LogP) is 3.72. The van der Waals surface area contributed by atoms with Crippen LogP contribution in [0.1, 0.15) is 22.4 Å².